The fraction of sp³-hybridized carbons (Fsp3) is 0.455. The van der Waals surface area contributed by atoms with Crippen LogP contribution in [0.3, 0.4) is 0 Å². The molecule has 3 heteroatoms. The van der Waals surface area contributed by atoms with Crippen LogP contribution in [0, 0.1) is 15.2 Å². The second-order valence-electron chi connectivity index (χ2n) is 3.04. The highest BCUT2D eigenvalue weighted by atomic mass is 127. The fourth-order valence-corrected chi connectivity index (χ4v) is 2.79. The van der Waals surface area contributed by atoms with Crippen LogP contribution in [0.1, 0.15) is 31.4 Å². The molecule has 0 aliphatic rings. The van der Waals surface area contributed by atoms with Gasteiger partial charge in [-0.15, -0.1) is 23.7 Å². The lowest BCUT2D eigenvalue weighted by Crippen LogP contribution is -2.20. The van der Waals surface area contributed by atoms with Crippen LogP contribution in [0.2, 0.25) is 0 Å². The lowest BCUT2D eigenvalue weighted by molar-refractivity contribution is 0.524. The third-order valence-corrected chi connectivity index (χ3v) is 3.83. The zero-order valence-corrected chi connectivity index (χ0v) is 11.2. The molecule has 0 fully saturated rings. The summed E-state index contributed by atoms with van der Waals surface area (Å²) < 4.78 is 1.33. The molecule has 1 rings (SSSR count). The van der Waals surface area contributed by atoms with Crippen LogP contribution in [0.5, 0.6) is 0 Å². The first-order valence-electron chi connectivity index (χ1n) is 4.68. The molecular formula is C11H14INS. The summed E-state index contributed by atoms with van der Waals surface area (Å²) in [7, 11) is 0. The van der Waals surface area contributed by atoms with Crippen LogP contribution in [0.4, 0.5) is 0 Å². The van der Waals surface area contributed by atoms with Crippen molar-refractivity contribution in [3.8, 4) is 12.3 Å². The van der Waals surface area contributed by atoms with Gasteiger partial charge < -0.3 is 5.32 Å². The highest BCUT2D eigenvalue weighted by Crippen LogP contribution is 2.25. The van der Waals surface area contributed by atoms with Gasteiger partial charge in [-0.05, 0) is 52.6 Å². The van der Waals surface area contributed by atoms with Crippen LogP contribution in [0.15, 0.2) is 11.4 Å². The van der Waals surface area contributed by atoms with Gasteiger partial charge in [0.25, 0.3) is 0 Å². The molecule has 0 aliphatic heterocycles. The summed E-state index contributed by atoms with van der Waals surface area (Å²) in [5.74, 6) is 2.69. The van der Waals surface area contributed by atoms with Crippen molar-refractivity contribution >= 4 is 33.9 Å². The number of thiophene rings is 1. The van der Waals surface area contributed by atoms with Crippen molar-refractivity contribution in [3.05, 3.63) is 19.9 Å². The molecule has 0 radical (unpaired) electrons. The minimum atomic E-state index is 0.427. The number of hydrogen-bond donors (Lipinski definition) is 1. The van der Waals surface area contributed by atoms with Gasteiger partial charge in [0, 0.05) is 12.5 Å². The maximum absolute atomic E-state index is 5.28. The molecule has 0 saturated heterocycles. The molecule has 14 heavy (non-hydrogen) atoms. The van der Waals surface area contributed by atoms with Gasteiger partial charge in [-0.2, -0.15) is 0 Å². The number of terminal acetylenes is 1. The molecule has 0 amide bonds. The molecule has 1 aromatic rings. The first-order valence-corrected chi connectivity index (χ1v) is 6.64. The average molecular weight is 319 g/mol. The minimum Gasteiger partial charge on any atom is -0.310 e. The monoisotopic (exact) mass is 319 g/mol. The maximum atomic E-state index is 5.28. The Kier molecular flexibility index (Phi) is 5.53. The molecule has 1 atom stereocenters. The third-order valence-electron chi connectivity index (χ3n) is 2.02. The van der Waals surface area contributed by atoms with E-state index in [0.29, 0.717) is 6.04 Å². The van der Waals surface area contributed by atoms with E-state index in [9.17, 15) is 0 Å². The number of halogens is 1. The molecule has 76 valence electrons. The second-order valence-corrected chi connectivity index (χ2v) is 5.84. The second kappa shape index (κ2) is 6.44. The van der Waals surface area contributed by atoms with E-state index in [4.69, 9.17) is 6.42 Å². The molecule has 0 spiro atoms. The normalized spacial score (nSPS) is 12.4. The largest absolute Gasteiger partial charge is 0.310 e. The van der Waals surface area contributed by atoms with Crippen LogP contribution < -0.4 is 5.32 Å². The molecule has 1 heterocycles. The van der Waals surface area contributed by atoms with Crippen molar-refractivity contribution in [1.29, 1.82) is 0 Å². The van der Waals surface area contributed by atoms with E-state index in [1.165, 1.54) is 8.45 Å². The van der Waals surface area contributed by atoms with Gasteiger partial charge in [0.1, 0.15) is 0 Å². The Morgan fingerprint density at radius 1 is 1.71 bits per heavy atom. The van der Waals surface area contributed by atoms with Crippen molar-refractivity contribution in [2.75, 3.05) is 6.54 Å². The molecule has 0 aliphatic carbocycles. The summed E-state index contributed by atoms with van der Waals surface area (Å²) in [5.41, 5.74) is 1.37. The maximum Gasteiger partial charge on any atom is 0.0656 e. The summed E-state index contributed by atoms with van der Waals surface area (Å²) in [6.45, 7) is 3.11. The summed E-state index contributed by atoms with van der Waals surface area (Å²) in [5, 5.41) is 5.67. The zero-order valence-electron chi connectivity index (χ0n) is 8.22. The quantitative estimate of drug-likeness (QED) is 0.648. The Bertz CT molecular complexity index is 313. The average Bonchev–Trinajstić information content (AvgIpc) is 2.59. The predicted octanol–water partition coefficient (Wildman–Crippen LogP) is 3.42. The van der Waals surface area contributed by atoms with Gasteiger partial charge >= 0.3 is 0 Å². The highest BCUT2D eigenvalue weighted by Gasteiger charge is 2.10. The summed E-state index contributed by atoms with van der Waals surface area (Å²) in [6, 6.07) is 2.66. The van der Waals surface area contributed by atoms with Crippen molar-refractivity contribution in [1.82, 2.24) is 5.32 Å². The van der Waals surface area contributed by atoms with Crippen molar-refractivity contribution < 1.29 is 0 Å². The molecule has 1 N–H and O–H groups in total. The molecule has 0 saturated carbocycles. The van der Waals surface area contributed by atoms with Gasteiger partial charge in [-0.25, -0.2) is 0 Å². The lowest BCUT2D eigenvalue weighted by atomic mass is 10.1. The van der Waals surface area contributed by atoms with E-state index < -0.39 is 0 Å². The standard InChI is InChI=1S/C11H14INS/c1-3-5-6-10(13-4-2)9-7-11(12)14-8-9/h1,7-8,10,13H,4-6H2,2H3. The molecule has 0 aromatic carbocycles. The van der Waals surface area contributed by atoms with Gasteiger partial charge in [0.2, 0.25) is 0 Å². The summed E-state index contributed by atoms with van der Waals surface area (Å²) in [4.78, 5) is 0. The van der Waals surface area contributed by atoms with E-state index >= 15 is 0 Å². The van der Waals surface area contributed by atoms with Gasteiger partial charge in [-0.1, -0.05) is 6.92 Å². The summed E-state index contributed by atoms with van der Waals surface area (Å²) >= 11 is 4.14. The Morgan fingerprint density at radius 3 is 3.00 bits per heavy atom. The van der Waals surface area contributed by atoms with E-state index in [0.717, 1.165) is 19.4 Å². The highest BCUT2D eigenvalue weighted by molar-refractivity contribution is 14.1. The molecule has 1 nitrogen and oxygen atoms in total. The lowest BCUT2D eigenvalue weighted by Gasteiger charge is -2.14. The summed E-state index contributed by atoms with van der Waals surface area (Å²) in [6.07, 6.45) is 7.14. The number of nitrogens with one attached hydrogen (secondary N) is 1. The van der Waals surface area contributed by atoms with Crippen LogP contribution in [-0.4, -0.2) is 6.54 Å². The predicted molar refractivity (Wildman–Crippen MR) is 71.5 cm³/mol. The molecular weight excluding hydrogens is 305 g/mol. The Morgan fingerprint density at radius 2 is 2.50 bits per heavy atom. The van der Waals surface area contributed by atoms with Crippen molar-refractivity contribution in [3.63, 3.8) is 0 Å². The van der Waals surface area contributed by atoms with Crippen LogP contribution in [0.25, 0.3) is 0 Å². The minimum absolute atomic E-state index is 0.427. The van der Waals surface area contributed by atoms with Gasteiger partial charge in [0.05, 0.1) is 2.88 Å². The Hall–Kier alpha value is -0.0500. The molecule has 1 unspecified atom stereocenters. The molecule has 1 aromatic heterocycles. The van der Waals surface area contributed by atoms with Crippen LogP contribution in [-0.2, 0) is 0 Å². The fourth-order valence-electron chi connectivity index (χ4n) is 1.37. The van der Waals surface area contributed by atoms with Gasteiger partial charge in [-0.3, -0.25) is 0 Å². The van der Waals surface area contributed by atoms with Crippen LogP contribution >= 0.6 is 33.9 Å². The Balaban J connectivity index is 2.63. The van der Waals surface area contributed by atoms with E-state index in [1.54, 1.807) is 11.3 Å². The molecule has 0 bridgehead atoms. The first kappa shape index (κ1) is 12.0. The van der Waals surface area contributed by atoms with E-state index in [1.807, 2.05) is 0 Å². The SMILES string of the molecule is C#CCCC(NCC)c1csc(I)c1. The van der Waals surface area contributed by atoms with Crippen molar-refractivity contribution in [2.24, 2.45) is 0 Å². The van der Waals surface area contributed by atoms with Gasteiger partial charge in [0.15, 0.2) is 0 Å². The Labute approximate surface area is 103 Å². The zero-order chi connectivity index (χ0) is 10.4. The van der Waals surface area contributed by atoms with Crippen molar-refractivity contribution in [2.45, 2.75) is 25.8 Å². The smallest absolute Gasteiger partial charge is 0.0656 e. The topological polar surface area (TPSA) is 12.0 Å². The number of rotatable bonds is 5. The number of hydrogen-bond acceptors (Lipinski definition) is 2. The first-order chi connectivity index (χ1) is 6.77. The van der Waals surface area contributed by atoms with E-state index in [-0.39, 0.29) is 0 Å². The third kappa shape index (κ3) is 3.60. The van der Waals surface area contributed by atoms with E-state index in [2.05, 4.69) is 52.2 Å².